The van der Waals surface area contributed by atoms with Crippen molar-refractivity contribution in [2.45, 2.75) is 91.5 Å². The molecule has 2 nitrogen and oxygen atoms in total. The lowest BCUT2D eigenvalue weighted by Gasteiger charge is -2.26. The second-order valence-electron chi connectivity index (χ2n) is 6.59. The van der Waals surface area contributed by atoms with Gasteiger partial charge in [0, 0.05) is 18.9 Å². The lowest BCUT2D eigenvalue weighted by molar-refractivity contribution is -0.120. The Kier molecular flexibility index (Phi) is 9.35. The fraction of sp³-hybridized carbons (Fsp3) is 0.938. The van der Waals surface area contributed by atoms with E-state index in [2.05, 4.69) is 27.7 Å². The van der Waals surface area contributed by atoms with E-state index in [1.165, 1.54) is 38.5 Å². The maximum atomic E-state index is 11.8. The highest BCUT2D eigenvalue weighted by Gasteiger charge is 2.22. The van der Waals surface area contributed by atoms with Crippen LogP contribution in [0.2, 0.25) is 0 Å². The van der Waals surface area contributed by atoms with Gasteiger partial charge in [-0.1, -0.05) is 66.2 Å². The number of nitrogens with two attached hydrogens (primary N) is 1. The van der Waals surface area contributed by atoms with Crippen LogP contribution in [-0.4, -0.2) is 11.8 Å². The molecule has 0 fully saturated rings. The van der Waals surface area contributed by atoms with Crippen molar-refractivity contribution < 1.29 is 4.79 Å². The molecule has 2 N–H and O–H groups in total. The van der Waals surface area contributed by atoms with E-state index in [1.807, 2.05) is 0 Å². The number of hydrogen-bond donors (Lipinski definition) is 1. The predicted octanol–water partition coefficient (Wildman–Crippen LogP) is 4.46. The first-order valence-electron chi connectivity index (χ1n) is 7.65. The first kappa shape index (κ1) is 17.6. The Hall–Kier alpha value is -0.370. The quantitative estimate of drug-likeness (QED) is 0.586. The molecule has 0 aromatic rings. The van der Waals surface area contributed by atoms with Gasteiger partial charge >= 0.3 is 0 Å². The monoisotopic (exact) mass is 255 g/mol. The summed E-state index contributed by atoms with van der Waals surface area (Å²) in [6, 6.07) is -0.00504. The Labute approximate surface area is 114 Å². The largest absolute Gasteiger partial charge is 0.327 e. The van der Waals surface area contributed by atoms with E-state index >= 15 is 0 Å². The van der Waals surface area contributed by atoms with Gasteiger partial charge in [-0.25, -0.2) is 0 Å². The number of carbonyl (C=O) groups is 1. The zero-order valence-corrected chi connectivity index (χ0v) is 12.9. The van der Waals surface area contributed by atoms with E-state index in [-0.39, 0.29) is 11.5 Å². The standard InChI is InChI=1S/C16H33NO/c1-5-6-7-8-9-10-11-12-14(18)13-15(17)16(2,3)4/h15H,5-13,17H2,1-4H3. The molecule has 18 heavy (non-hydrogen) atoms. The molecule has 108 valence electrons. The summed E-state index contributed by atoms with van der Waals surface area (Å²) >= 11 is 0. The van der Waals surface area contributed by atoms with Gasteiger partial charge in [0.05, 0.1) is 0 Å². The minimum absolute atomic E-state index is 0.00504. The van der Waals surface area contributed by atoms with Crippen LogP contribution in [0.4, 0.5) is 0 Å². The third kappa shape index (κ3) is 9.64. The molecule has 0 aliphatic rings. The smallest absolute Gasteiger partial charge is 0.134 e. The van der Waals surface area contributed by atoms with Gasteiger partial charge in [0.1, 0.15) is 5.78 Å². The van der Waals surface area contributed by atoms with Gasteiger partial charge in [-0.3, -0.25) is 4.79 Å². The Morgan fingerprint density at radius 3 is 2.00 bits per heavy atom. The van der Waals surface area contributed by atoms with Crippen molar-refractivity contribution >= 4 is 5.78 Å². The molecule has 0 aromatic heterocycles. The Bertz CT molecular complexity index is 218. The summed E-state index contributed by atoms with van der Waals surface area (Å²) < 4.78 is 0. The molecular weight excluding hydrogens is 222 g/mol. The van der Waals surface area contributed by atoms with Gasteiger partial charge < -0.3 is 5.73 Å². The van der Waals surface area contributed by atoms with Crippen molar-refractivity contribution in [3.63, 3.8) is 0 Å². The molecule has 1 unspecified atom stereocenters. The second-order valence-corrected chi connectivity index (χ2v) is 6.59. The first-order chi connectivity index (χ1) is 8.38. The van der Waals surface area contributed by atoms with Crippen LogP contribution in [0.15, 0.2) is 0 Å². The van der Waals surface area contributed by atoms with E-state index < -0.39 is 0 Å². The molecule has 0 saturated heterocycles. The highest BCUT2D eigenvalue weighted by molar-refractivity contribution is 5.79. The lowest BCUT2D eigenvalue weighted by Crippen LogP contribution is -2.36. The number of ketones is 1. The van der Waals surface area contributed by atoms with Gasteiger partial charge in [0.25, 0.3) is 0 Å². The minimum atomic E-state index is -0.00504. The van der Waals surface area contributed by atoms with Gasteiger partial charge in [0.2, 0.25) is 0 Å². The summed E-state index contributed by atoms with van der Waals surface area (Å²) in [7, 11) is 0. The zero-order chi connectivity index (χ0) is 14.0. The molecule has 0 aliphatic heterocycles. The Balaban J connectivity index is 3.48. The van der Waals surface area contributed by atoms with Crippen molar-refractivity contribution in [2.24, 2.45) is 11.1 Å². The zero-order valence-electron chi connectivity index (χ0n) is 12.9. The average Bonchev–Trinajstić information content (AvgIpc) is 2.26. The van der Waals surface area contributed by atoms with Crippen LogP contribution in [0.5, 0.6) is 0 Å². The molecule has 0 radical (unpaired) electrons. The molecule has 0 bridgehead atoms. The fourth-order valence-corrected chi connectivity index (χ4v) is 1.93. The van der Waals surface area contributed by atoms with Gasteiger partial charge in [-0.2, -0.15) is 0 Å². The molecule has 0 aromatic carbocycles. The van der Waals surface area contributed by atoms with Crippen LogP contribution in [0.25, 0.3) is 0 Å². The second kappa shape index (κ2) is 9.55. The summed E-state index contributed by atoms with van der Waals surface area (Å²) in [5.41, 5.74) is 6.05. The van der Waals surface area contributed by atoms with Crippen LogP contribution in [0.3, 0.4) is 0 Å². The van der Waals surface area contributed by atoms with Gasteiger partial charge in [-0.05, 0) is 11.8 Å². The molecule has 2 heteroatoms. The van der Waals surface area contributed by atoms with Crippen LogP contribution in [0.1, 0.15) is 85.5 Å². The normalized spacial score (nSPS) is 13.6. The number of rotatable bonds is 10. The Morgan fingerprint density at radius 2 is 1.50 bits per heavy atom. The highest BCUT2D eigenvalue weighted by Crippen LogP contribution is 2.20. The van der Waals surface area contributed by atoms with Gasteiger partial charge in [-0.15, -0.1) is 0 Å². The number of Topliss-reactive ketones (excluding diaryl/α,β-unsaturated/α-hetero) is 1. The summed E-state index contributed by atoms with van der Waals surface area (Å²) in [6.45, 7) is 8.52. The van der Waals surface area contributed by atoms with Crippen molar-refractivity contribution in [3.8, 4) is 0 Å². The summed E-state index contributed by atoms with van der Waals surface area (Å²) in [4.78, 5) is 11.8. The molecule has 0 aliphatic carbocycles. The summed E-state index contributed by atoms with van der Waals surface area (Å²) in [5.74, 6) is 0.339. The first-order valence-corrected chi connectivity index (χ1v) is 7.65. The van der Waals surface area contributed by atoms with Crippen molar-refractivity contribution in [1.29, 1.82) is 0 Å². The SMILES string of the molecule is CCCCCCCCCC(=O)CC(N)C(C)(C)C. The summed E-state index contributed by atoms with van der Waals surface area (Å²) in [6.07, 6.45) is 10.1. The van der Waals surface area contributed by atoms with Crippen LogP contribution < -0.4 is 5.73 Å². The average molecular weight is 255 g/mol. The molecule has 1 atom stereocenters. The minimum Gasteiger partial charge on any atom is -0.327 e. The molecule has 0 amide bonds. The van der Waals surface area contributed by atoms with E-state index in [0.29, 0.717) is 12.2 Å². The van der Waals surface area contributed by atoms with E-state index in [0.717, 1.165) is 12.8 Å². The van der Waals surface area contributed by atoms with Crippen molar-refractivity contribution in [1.82, 2.24) is 0 Å². The predicted molar refractivity (Wildman–Crippen MR) is 79.7 cm³/mol. The van der Waals surface area contributed by atoms with Crippen LogP contribution >= 0.6 is 0 Å². The third-order valence-electron chi connectivity index (χ3n) is 3.62. The lowest BCUT2D eigenvalue weighted by atomic mass is 9.84. The molecule has 0 rings (SSSR count). The topological polar surface area (TPSA) is 43.1 Å². The number of unbranched alkanes of at least 4 members (excludes halogenated alkanes) is 6. The molecule has 0 spiro atoms. The molecule has 0 heterocycles. The van der Waals surface area contributed by atoms with Crippen LogP contribution in [0, 0.1) is 5.41 Å². The summed E-state index contributed by atoms with van der Waals surface area (Å²) in [5, 5.41) is 0. The fourth-order valence-electron chi connectivity index (χ4n) is 1.93. The molecular formula is C16H33NO. The maximum absolute atomic E-state index is 11.8. The van der Waals surface area contributed by atoms with E-state index in [4.69, 9.17) is 5.73 Å². The van der Waals surface area contributed by atoms with Crippen LogP contribution in [-0.2, 0) is 4.79 Å². The number of hydrogen-bond acceptors (Lipinski definition) is 2. The van der Waals surface area contributed by atoms with E-state index in [1.54, 1.807) is 0 Å². The Morgan fingerprint density at radius 1 is 1.00 bits per heavy atom. The van der Waals surface area contributed by atoms with Gasteiger partial charge in [0.15, 0.2) is 0 Å². The maximum Gasteiger partial charge on any atom is 0.134 e. The van der Waals surface area contributed by atoms with E-state index in [9.17, 15) is 4.79 Å². The van der Waals surface area contributed by atoms with Crippen molar-refractivity contribution in [3.05, 3.63) is 0 Å². The molecule has 0 saturated carbocycles. The third-order valence-corrected chi connectivity index (χ3v) is 3.62. The van der Waals surface area contributed by atoms with Crippen molar-refractivity contribution in [2.75, 3.05) is 0 Å². The highest BCUT2D eigenvalue weighted by atomic mass is 16.1. The number of carbonyl (C=O) groups excluding carboxylic acids is 1.